The van der Waals surface area contributed by atoms with E-state index in [0.717, 1.165) is 42.3 Å². The van der Waals surface area contributed by atoms with Gasteiger partial charge in [-0.15, -0.1) is 15.3 Å². The Balaban J connectivity index is 1.37. The molecule has 3 heterocycles. The van der Waals surface area contributed by atoms with Crippen LogP contribution in [-0.2, 0) is 9.47 Å². The highest BCUT2D eigenvalue weighted by Crippen LogP contribution is 2.17. The molecule has 25 heavy (non-hydrogen) atoms. The molecule has 0 radical (unpaired) electrons. The second kappa shape index (κ2) is 7.58. The summed E-state index contributed by atoms with van der Waals surface area (Å²) >= 11 is 0. The molecule has 1 unspecified atom stereocenters. The molecule has 0 amide bonds. The van der Waals surface area contributed by atoms with Crippen LogP contribution in [0.15, 0.2) is 42.5 Å². The van der Waals surface area contributed by atoms with E-state index in [-0.39, 0.29) is 6.10 Å². The van der Waals surface area contributed by atoms with E-state index >= 15 is 0 Å². The summed E-state index contributed by atoms with van der Waals surface area (Å²) in [6.45, 7) is 2.83. The number of nitrogens with one attached hydrogen (secondary N) is 1. The molecule has 2 aromatic heterocycles. The van der Waals surface area contributed by atoms with Gasteiger partial charge in [-0.3, -0.25) is 0 Å². The summed E-state index contributed by atoms with van der Waals surface area (Å²) in [6, 6.07) is 13.7. The van der Waals surface area contributed by atoms with Crippen LogP contribution in [-0.4, -0.2) is 52.3 Å². The zero-order valence-corrected chi connectivity index (χ0v) is 14.0. The highest BCUT2D eigenvalue weighted by molar-refractivity contribution is 5.59. The number of fused-ring (bicyclic) bond motifs is 1. The molecule has 1 saturated heterocycles. The van der Waals surface area contributed by atoms with E-state index in [1.807, 2.05) is 42.5 Å². The van der Waals surface area contributed by atoms with Crippen LogP contribution >= 0.6 is 0 Å². The van der Waals surface area contributed by atoms with Crippen molar-refractivity contribution in [3.8, 4) is 11.4 Å². The van der Waals surface area contributed by atoms with Crippen LogP contribution < -0.4 is 5.32 Å². The number of nitrogens with zero attached hydrogens (tertiary/aromatic N) is 4. The SMILES string of the molecule is c1ccc(-c2nnc3ccc(NCCOCC4CCCO4)nn23)cc1. The lowest BCUT2D eigenvalue weighted by Gasteiger charge is -2.11. The summed E-state index contributed by atoms with van der Waals surface area (Å²) in [6.07, 6.45) is 2.50. The number of benzene rings is 1. The Morgan fingerprint density at radius 3 is 2.92 bits per heavy atom. The molecule has 1 N–H and O–H groups in total. The second-order valence-electron chi connectivity index (χ2n) is 6.01. The zero-order valence-electron chi connectivity index (χ0n) is 14.0. The van der Waals surface area contributed by atoms with Crippen molar-refractivity contribution in [2.24, 2.45) is 0 Å². The molecule has 1 atom stereocenters. The van der Waals surface area contributed by atoms with Gasteiger partial charge in [-0.25, -0.2) is 0 Å². The van der Waals surface area contributed by atoms with Gasteiger partial charge < -0.3 is 14.8 Å². The minimum absolute atomic E-state index is 0.264. The van der Waals surface area contributed by atoms with Gasteiger partial charge in [-0.1, -0.05) is 30.3 Å². The largest absolute Gasteiger partial charge is 0.377 e. The first-order valence-electron chi connectivity index (χ1n) is 8.61. The number of anilines is 1. The van der Waals surface area contributed by atoms with Gasteiger partial charge in [0.25, 0.3) is 0 Å². The molecule has 3 aromatic rings. The minimum Gasteiger partial charge on any atom is -0.377 e. The Morgan fingerprint density at radius 1 is 1.16 bits per heavy atom. The fourth-order valence-electron chi connectivity index (χ4n) is 2.89. The Bertz CT molecular complexity index is 815. The van der Waals surface area contributed by atoms with Gasteiger partial charge in [-0.2, -0.15) is 4.52 Å². The monoisotopic (exact) mass is 339 g/mol. The summed E-state index contributed by atoms with van der Waals surface area (Å²) in [7, 11) is 0. The molecule has 1 aliphatic heterocycles. The van der Waals surface area contributed by atoms with E-state index in [9.17, 15) is 0 Å². The van der Waals surface area contributed by atoms with Crippen molar-refractivity contribution >= 4 is 11.5 Å². The highest BCUT2D eigenvalue weighted by atomic mass is 16.5. The molecule has 130 valence electrons. The summed E-state index contributed by atoms with van der Waals surface area (Å²) in [5.74, 6) is 1.50. The molecule has 4 rings (SSSR count). The summed E-state index contributed by atoms with van der Waals surface area (Å²) in [5.41, 5.74) is 1.71. The van der Waals surface area contributed by atoms with E-state index in [2.05, 4.69) is 20.6 Å². The molecule has 0 spiro atoms. The fraction of sp³-hybridized carbons (Fsp3) is 0.389. The van der Waals surface area contributed by atoms with Gasteiger partial charge in [-0.05, 0) is 25.0 Å². The van der Waals surface area contributed by atoms with Crippen LogP contribution in [0, 0.1) is 0 Å². The van der Waals surface area contributed by atoms with E-state index in [0.29, 0.717) is 19.8 Å². The molecule has 1 aromatic carbocycles. The van der Waals surface area contributed by atoms with E-state index in [4.69, 9.17) is 9.47 Å². The fourth-order valence-corrected chi connectivity index (χ4v) is 2.89. The molecule has 1 fully saturated rings. The molecule has 1 aliphatic rings. The molecule has 7 heteroatoms. The molecule has 7 nitrogen and oxygen atoms in total. The molecular weight excluding hydrogens is 318 g/mol. The zero-order chi connectivity index (χ0) is 16.9. The van der Waals surface area contributed by atoms with Crippen molar-refractivity contribution in [3.05, 3.63) is 42.5 Å². The van der Waals surface area contributed by atoms with Gasteiger partial charge in [0.05, 0.1) is 19.3 Å². The Hall–Kier alpha value is -2.51. The van der Waals surface area contributed by atoms with Crippen molar-refractivity contribution in [1.82, 2.24) is 19.8 Å². The summed E-state index contributed by atoms with van der Waals surface area (Å²) in [4.78, 5) is 0. The first-order chi connectivity index (χ1) is 12.4. The Morgan fingerprint density at radius 2 is 2.08 bits per heavy atom. The number of aromatic nitrogens is 4. The highest BCUT2D eigenvalue weighted by Gasteiger charge is 2.15. The first-order valence-corrected chi connectivity index (χ1v) is 8.61. The number of rotatable bonds is 7. The predicted octanol–water partition coefficient (Wildman–Crippen LogP) is 2.40. The molecule has 0 aliphatic carbocycles. The van der Waals surface area contributed by atoms with Gasteiger partial charge in [0, 0.05) is 18.7 Å². The maximum absolute atomic E-state index is 5.66. The molecular formula is C18H21N5O2. The van der Waals surface area contributed by atoms with Crippen molar-refractivity contribution in [2.45, 2.75) is 18.9 Å². The standard InChI is InChI=1S/C18H21N5O2/c1-2-5-14(6-3-1)18-21-20-17-9-8-16(22-23(17)18)19-10-12-24-13-15-7-4-11-25-15/h1-3,5-6,8-9,15H,4,7,10-13H2,(H,19,22). The van der Waals surface area contributed by atoms with Crippen LogP contribution in [0.3, 0.4) is 0 Å². The van der Waals surface area contributed by atoms with Crippen LogP contribution in [0.2, 0.25) is 0 Å². The normalized spacial score (nSPS) is 17.2. The van der Waals surface area contributed by atoms with Crippen molar-refractivity contribution in [1.29, 1.82) is 0 Å². The van der Waals surface area contributed by atoms with Crippen molar-refractivity contribution < 1.29 is 9.47 Å². The first kappa shape index (κ1) is 16.0. The van der Waals surface area contributed by atoms with Crippen LogP contribution in [0.4, 0.5) is 5.82 Å². The van der Waals surface area contributed by atoms with Crippen molar-refractivity contribution in [2.75, 3.05) is 31.7 Å². The average molecular weight is 339 g/mol. The summed E-state index contributed by atoms with van der Waals surface area (Å²) in [5, 5.41) is 16.3. The van der Waals surface area contributed by atoms with Crippen LogP contribution in [0.1, 0.15) is 12.8 Å². The van der Waals surface area contributed by atoms with Gasteiger partial charge in [0.1, 0.15) is 5.82 Å². The molecule has 0 saturated carbocycles. The lowest BCUT2D eigenvalue weighted by molar-refractivity contribution is 0.0206. The average Bonchev–Trinajstić information content (AvgIpc) is 3.31. The van der Waals surface area contributed by atoms with E-state index < -0.39 is 0 Å². The minimum atomic E-state index is 0.264. The van der Waals surface area contributed by atoms with E-state index in [1.54, 1.807) is 4.52 Å². The van der Waals surface area contributed by atoms with E-state index in [1.165, 1.54) is 0 Å². The van der Waals surface area contributed by atoms with Gasteiger partial charge >= 0.3 is 0 Å². The Labute approximate surface area is 146 Å². The second-order valence-corrected chi connectivity index (χ2v) is 6.01. The topological polar surface area (TPSA) is 73.6 Å². The quantitative estimate of drug-likeness (QED) is 0.666. The third-order valence-electron chi connectivity index (χ3n) is 4.18. The van der Waals surface area contributed by atoms with Crippen molar-refractivity contribution in [3.63, 3.8) is 0 Å². The smallest absolute Gasteiger partial charge is 0.185 e. The third-order valence-corrected chi connectivity index (χ3v) is 4.18. The number of ether oxygens (including phenoxy) is 2. The Kier molecular flexibility index (Phi) is 4.85. The maximum atomic E-state index is 5.66. The number of hydrogen-bond donors (Lipinski definition) is 1. The maximum Gasteiger partial charge on any atom is 0.185 e. The lowest BCUT2D eigenvalue weighted by Crippen LogP contribution is -2.18. The predicted molar refractivity (Wildman–Crippen MR) is 94.5 cm³/mol. The lowest BCUT2D eigenvalue weighted by atomic mass is 10.2. The van der Waals surface area contributed by atoms with Gasteiger partial charge in [0.15, 0.2) is 11.5 Å². The van der Waals surface area contributed by atoms with Gasteiger partial charge in [0.2, 0.25) is 0 Å². The molecule has 0 bridgehead atoms. The third kappa shape index (κ3) is 3.78. The van der Waals surface area contributed by atoms with Crippen LogP contribution in [0.25, 0.3) is 17.0 Å². The summed E-state index contributed by atoms with van der Waals surface area (Å²) < 4.78 is 13.0. The number of hydrogen-bond acceptors (Lipinski definition) is 6. The van der Waals surface area contributed by atoms with Crippen LogP contribution in [0.5, 0.6) is 0 Å².